The van der Waals surface area contributed by atoms with Crippen molar-refractivity contribution in [3.8, 4) is 11.4 Å². The first-order chi connectivity index (χ1) is 11.3. The van der Waals surface area contributed by atoms with Gasteiger partial charge < -0.3 is 9.26 Å². The molecule has 0 radical (unpaired) electrons. The van der Waals surface area contributed by atoms with Crippen molar-refractivity contribution in [3.05, 3.63) is 35.2 Å². The topological polar surface area (TPSA) is 68.5 Å². The minimum absolute atomic E-state index is 0.250. The van der Waals surface area contributed by atoms with Gasteiger partial charge in [0.15, 0.2) is 0 Å². The van der Waals surface area contributed by atoms with Gasteiger partial charge in [-0.15, -0.1) is 0 Å². The molecule has 3 rings (SSSR count). The van der Waals surface area contributed by atoms with Gasteiger partial charge in [-0.1, -0.05) is 28.9 Å². The summed E-state index contributed by atoms with van der Waals surface area (Å²) in [5.41, 5.74) is 0.240. The first-order valence-corrected chi connectivity index (χ1v) is 8.30. The Hall–Kier alpha value is -2.08. The molecule has 1 atom stereocenters. The molecule has 0 spiro atoms. The van der Waals surface area contributed by atoms with Crippen LogP contribution in [0.25, 0.3) is 11.4 Å². The zero-order valence-electron chi connectivity index (χ0n) is 14.0. The number of nitrogens with zero attached hydrogens (tertiary/aromatic N) is 3. The van der Waals surface area contributed by atoms with E-state index in [0.29, 0.717) is 23.3 Å². The molecule has 1 amide bonds. The molecule has 1 unspecified atom stereocenters. The van der Waals surface area contributed by atoms with E-state index in [-0.39, 0.29) is 12.1 Å². The van der Waals surface area contributed by atoms with Gasteiger partial charge in [-0.3, -0.25) is 4.90 Å². The molecule has 6 nitrogen and oxygen atoms in total. The van der Waals surface area contributed by atoms with Crippen LogP contribution in [0.1, 0.15) is 45.5 Å². The smallest absolute Gasteiger partial charge is 0.410 e. The largest absolute Gasteiger partial charge is 0.444 e. The second-order valence-electron chi connectivity index (χ2n) is 6.80. The number of carbonyl (C=O) groups is 1. The molecular formula is C17H20ClN3O3. The summed E-state index contributed by atoms with van der Waals surface area (Å²) in [6, 6.07) is 7.00. The van der Waals surface area contributed by atoms with Crippen molar-refractivity contribution >= 4 is 17.7 Å². The van der Waals surface area contributed by atoms with Gasteiger partial charge in [0.2, 0.25) is 11.7 Å². The molecule has 1 fully saturated rings. The number of benzene rings is 1. The second-order valence-corrected chi connectivity index (χ2v) is 7.23. The van der Waals surface area contributed by atoms with Crippen molar-refractivity contribution in [2.75, 3.05) is 6.54 Å². The summed E-state index contributed by atoms with van der Waals surface area (Å²) in [6.07, 6.45) is 1.29. The Morgan fingerprint density at radius 2 is 2.21 bits per heavy atom. The predicted molar refractivity (Wildman–Crippen MR) is 89.7 cm³/mol. The maximum absolute atomic E-state index is 12.4. The van der Waals surface area contributed by atoms with Crippen LogP contribution in [-0.2, 0) is 4.74 Å². The van der Waals surface area contributed by atoms with E-state index in [1.54, 1.807) is 17.0 Å². The van der Waals surface area contributed by atoms with Gasteiger partial charge in [-0.2, -0.15) is 4.98 Å². The standard InChI is InChI=1S/C17H20ClN3O3/c1-17(2,3)23-16(22)21-9-5-8-13(21)15-19-14(20-24-15)11-6-4-7-12(18)10-11/h4,6-7,10,13H,5,8-9H2,1-3H3. The van der Waals surface area contributed by atoms with E-state index in [4.69, 9.17) is 20.9 Å². The van der Waals surface area contributed by atoms with Crippen molar-refractivity contribution in [1.29, 1.82) is 0 Å². The van der Waals surface area contributed by atoms with Crippen LogP contribution in [0.2, 0.25) is 5.02 Å². The quantitative estimate of drug-likeness (QED) is 0.800. The molecule has 7 heteroatoms. The molecule has 1 saturated heterocycles. The zero-order chi connectivity index (χ0) is 17.3. The highest BCUT2D eigenvalue weighted by molar-refractivity contribution is 6.30. The number of hydrogen-bond donors (Lipinski definition) is 0. The predicted octanol–water partition coefficient (Wildman–Crippen LogP) is 4.46. The summed E-state index contributed by atoms with van der Waals surface area (Å²) < 4.78 is 10.9. The van der Waals surface area contributed by atoms with E-state index < -0.39 is 5.60 Å². The molecule has 1 aliphatic heterocycles. The second kappa shape index (κ2) is 6.43. The fourth-order valence-corrected chi connectivity index (χ4v) is 2.87. The monoisotopic (exact) mass is 349 g/mol. The Morgan fingerprint density at radius 3 is 2.92 bits per heavy atom. The minimum Gasteiger partial charge on any atom is -0.444 e. The van der Waals surface area contributed by atoms with Crippen molar-refractivity contribution in [2.45, 2.75) is 45.3 Å². The van der Waals surface area contributed by atoms with Crippen molar-refractivity contribution < 1.29 is 14.1 Å². The number of amides is 1. The summed E-state index contributed by atoms with van der Waals surface area (Å²) in [7, 11) is 0. The van der Waals surface area contributed by atoms with Gasteiger partial charge in [-0.05, 0) is 45.7 Å². The number of carbonyl (C=O) groups excluding carboxylic acids is 1. The van der Waals surface area contributed by atoms with Crippen molar-refractivity contribution in [1.82, 2.24) is 15.0 Å². The Balaban J connectivity index is 1.80. The Labute approximate surface area is 145 Å². The van der Waals surface area contributed by atoms with Gasteiger partial charge in [0.25, 0.3) is 0 Å². The minimum atomic E-state index is -0.537. The van der Waals surface area contributed by atoms with E-state index in [2.05, 4.69) is 10.1 Å². The number of aromatic nitrogens is 2. The fourth-order valence-electron chi connectivity index (χ4n) is 2.68. The highest BCUT2D eigenvalue weighted by Gasteiger charge is 2.36. The summed E-state index contributed by atoms with van der Waals surface area (Å²) in [5.74, 6) is 0.886. The molecule has 1 aliphatic rings. The van der Waals surface area contributed by atoms with Crippen LogP contribution in [-0.4, -0.2) is 33.3 Å². The molecule has 0 aliphatic carbocycles. The van der Waals surface area contributed by atoms with Gasteiger partial charge >= 0.3 is 6.09 Å². The van der Waals surface area contributed by atoms with Gasteiger partial charge in [0, 0.05) is 17.1 Å². The van der Waals surface area contributed by atoms with Gasteiger partial charge in [0.1, 0.15) is 11.6 Å². The number of hydrogen-bond acceptors (Lipinski definition) is 5. The molecule has 2 heterocycles. The van der Waals surface area contributed by atoms with E-state index in [1.165, 1.54) is 0 Å². The third-order valence-electron chi connectivity index (χ3n) is 3.69. The molecule has 0 N–H and O–H groups in total. The number of rotatable bonds is 2. The molecule has 0 saturated carbocycles. The fraction of sp³-hybridized carbons (Fsp3) is 0.471. The molecule has 2 aromatic rings. The van der Waals surface area contributed by atoms with Crippen LogP contribution in [0.15, 0.2) is 28.8 Å². The molecule has 24 heavy (non-hydrogen) atoms. The number of halogens is 1. The third kappa shape index (κ3) is 3.70. The third-order valence-corrected chi connectivity index (χ3v) is 3.93. The number of ether oxygens (including phenoxy) is 1. The van der Waals surface area contributed by atoms with E-state index in [1.807, 2.05) is 32.9 Å². The maximum atomic E-state index is 12.4. The van der Waals surface area contributed by atoms with Crippen LogP contribution < -0.4 is 0 Å². The van der Waals surface area contributed by atoms with Crippen LogP contribution in [0.3, 0.4) is 0 Å². The SMILES string of the molecule is CC(C)(C)OC(=O)N1CCCC1c1nc(-c2cccc(Cl)c2)no1. The lowest BCUT2D eigenvalue weighted by Crippen LogP contribution is -2.36. The first-order valence-electron chi connectivity index (χ1n) is 7.93. The number of likely N-dealkylation sites (tertiary alicyclic amines) is 1. The molecule has 1 aromatic carbocycles. The van der Waals surface area contributed by atoms with Crippen LogP contribution >= 0.6 is 11.6 Å². The Bertz CT molecular complexity index is 739. The Kier molecular flexibility index (Phi) is 4.49. The van der Waals surface area contributed by atoms with Crippen molar-refractivity contribution in [3.63, 3.8) is 0 Å². The maximum Gasteiger partial charge on any atom is 0.410 e. The molecular weight excluding hydrogens is 330 g/mol. The van der Waals surface area contributed by atoms with Crippen molar-refractivity contribution in [2.24, 2.45) is 0 Å². The first kappa shape index (κ1) is 16.8. The molecule has 1 aromatic heterocycles. The summed E-state index contributed by atoms with van der Waals surface area (Å²) in [4.78, 5) is 18.5. The highest BCUT2D eigenvalue weighted by Crippen LogP contribution is 2.33. The Morgan fingerprint density at radius 1 is 1.42 bits per heavy atom. The van der Waals surface area contributed by atoms with Gasteiger partial charge in [0.05, 0.1) is 0 Å². The highest BCUT2D eigenvalue weighted by atomic mass is 35.5. The lowest BCUT2D eigenvalue weighted by Gasteiger charge is -2.26. The van der Waals surface area contributed by atoms with E-state index in [9.17, 15) is 4.79 Å². The summed E-state index contributed by atoms with van der Waals surface area (Å²) >= 11 is 6.00. The molecule has 128 valence electrons. The van der Waals surface area contributed by atoms with Gasteiger partial charge in [-0.25, -0.2) is 4.79 Å². The molecule has 0 bridgehead atoms. The normalized spacial score (nSPS) is 18.0. The average molecular weight is 350 g/mol. The summed E-state index contributed by atoms with van der Waals surface area (Å²) in [6.45, 7) is 6.16. The van der Waals surface area contributed by atoms with Crippen LogP contribution in [0.5, 0.6) is 0 Å². The van der Waals surface area contributed by atoms with Crippen LogP contribution in [0, 0.1) is 0 Å². The lowest BCUT2D eigenvalue weighted by molar-refractivity contribution is 0.0199. The van der Waals surface area contributed by atoms with Crippen LogP contribution in [0.4, 0.5) is 4.79 Å². The van der Waals surface area contributed by atoms with E-state index in [0.717, 1.165) is 18.4 Å². The van der Waals surface area contributed by atoms with E-state index >= 15 is 0 Å². The summed E-state index contributed by atoms with van der Waals surface area (Å²) in [5, 5.41) is 4.62. The zero-order valence-corrected chi connectivity index (χ0v) is 14.7. The lowest BCUT2D eigenvalue weighted by atomic mass is 10.2. The average Bonchev–Trinajstić information content (AvgIpc) is 3.14.